The Morgan fingerprint density at radius 3 is 2.73 bits per heavy atom. The Kier molecular flexibility index (Phi) is 8.25. The van der Waals surface area contributed by atoms with Crippen molar-refractivity contribution >= 4 is 45.6 Å². The summed E-state index contributed by atoms with van der Waals surface area (Å²) in [7, 11) is 0. The smallest absolute Gasteiger partial charge is 0.238 e. The first-order valence-corrected chi connectivity index (χ1v) is 13.2. The van der Waals surface area contributed by atoms with Gasteiger partial charge in [0.1, 0.15) is 11.1 Å². The van der Waals surface area contributed by atoms with E-state index in [1.807, 2.05) is 52.0 Å². The Labute approximate surface area is 205 Å². The Bertz CT molecular complexity index is 1060. The number of nitriles is 1. The number of benzene rings is 1. The van der Waals surface area contributed by atoms with E-state index in [0.717, 1.165) is 35.4 Å². The van der Waals surface area contributed by atoms with E-state index in [1.54, 1.807) is 11.3 Å². The van der Waals surface area contributed by atoms with Crippen molar-refractivity contribution in [3.05, 3.63) is 40.3 Å². The van der Waals surface area contributed by atoms with Crippen LogP contribution in [0.25, 0.3) is 0 Å². The van der Waals surface area contributed by atoms with E-state index >= 15 is 0 Å². The SMILES string of the molecule is CCC(Sc1cccc(NC(=O)CC(C)(C)C)c1)C(=O)Nc1sc2c(c1C#N)CCC(C)C2. The van der Waals surface area contributed by atoms with Gasteiger partial charge in [-0.2, -0.15) is 5.26 Å². The van der Waals surface area contributed by atoms with Crippen LogP contribution >= 0.6 is 23.1 Å². The highest BCUT2D eigenvalue weighted by molar-refractivity contribution is 8.00. The summed E-state index contributed by atoms with van der Waals surface area (Å²) in [5.74, 6) is 0.503. The second-order valence-corrected chi connectivity index (χ2v) is 12.4. The fourth-order valence-electron chi connectivity index (χ4n) is 3.97. The summed E-state index contributed by atoms with van der Waals surface area (Å²) in [6, 6.07) is 9.93. The molecule has 2 unspecified atom stereocenters. The first-order chi connectivity index (χ1) is 15.6. The number of nitrogens with zero attached hydrogens (tertiary/aromatic N) is 1. The van der Waals surface area contributed by atoms with Crippen molar-refractivity contribution in [3.8, 4) is 6.07 Å². The second kappa shape index (κ2) is 10.8. The quantitative estimate of drug-likeness (QED) is 0.433. The van der Waals surface area contributed by atoms with Gasteiger partial charge in [0.25, 0.3) is 0 Å². The maximum Gasteiger partial charge on any atom is 0.238 e. The molecule has 0 fully saturated rings. The van der Waals surface area contributed by atoms with Crippen molar-refractivity contribution in [2.24, 2.45) is 11.3 Å². The van der Waals surface area contributed by atoms with Crippen molar-refractivity contribution in [1.82, 2.24) is 0 Å². The summed E-state index contributed by atoms with van der Waals surface area (Å²) in [6.45, 7) is 10.3. The van der Waals surface area contributed by atoms with Crippen LogP contribution in [0, 0.1) is 22.7 Å². The highest BCUT2D eigenvalue weighted by atomic mass is 32.2. The molecule has 1 aromatic carbocycles. The molecule has 2 atom stereocenters. The highest BCUT2D eigenvalue weighted by Crippen LogP contribution is 2.40. The molecule has 2 N–H and O–H groups in total. The first kappa shape index (κ1) is 25.3. The number of thiophene rings is 1. The summed E-state index contributed by atoms with van der Waals surface area (Å²) in [6.07, 6.45) is 4.06. The molecular formula is C26H33N3O2S2. The minimum absolute atomic E-state index is 0.0190. The maximum absolute atomic E-state index is 13.1. The molecule has 0 bridgehead atoms. The zero-order chi connectivity index (χ0) is 24.2. The number of anilines is 2. The molecule has 1 aromatic heterocycles. The van der Waals surface area contributed by atoms with Crippen LogP contribution in [0.2, 0.25) is 0 Å². The Hall–Kier alpha value is -2.30. The van der Waals surface area contributed by atoms with Crippen LogP contribution in [0.5, 0.6) is 0 Å². The fraction of sp³-hybridized carbons (Fsp3) is 0.500. The second-order valence-electron chi connectivity index (χ2n) is 9.99. The number of hydrogen-bond acceptors (Lipinski definition) is 5. The molecule has 1 heterocycles. The molecule has 3 rings (SSSR count). The third kappa shape index (κ3) is 6.84. The Morgan fingerprint density at radius 1 is 1.30 bits per heavy atom. The normalized spacial score (nSPS) is 16.4. The monoisotopic (exact) mass is 483 g/mol. The third-order valence-electron chi connectivity index (χ3n) is 5.61. The number of hydrogen-bond donors (Lipinski definition) is 2. The van der Waals surface area contributed by atoms with Crippen molar-refractivity contribution in [1.29, 1.82) is 5.26 Å². The number of fused-ring (bicyclic) bond motifs is 1. The van der Waals surface area contributed by atoms with Crippen LogP contribution in [-0.4, -0.2) is 17.1 Å². The van der Waals surface area contributed by atoms with Crippen molar-refractivity contribution < 1.29 is 9.59 Å². The number of thioether (sulfide) groups is 1. The lowest BCUT2D eigenvalue weighted by Crippen LogP contribution is -2.24. The Balaban J connectivity index is 1.69. The molecule has 176 valence electrons. The maximum atomic E-state index is 13.1. The van der Waals surface area contributed by atoms with Crippen molar-refractivity contribution in [2.75, 3.05) is 10.6 Å². The van der Waals surface area contributed by atoms with E-state index < -0.39 is 0 Å². The van der Waals surface area contributed by atoms with E-state index in [9.17, 15) is 14.9 Å². The molecule has 5 nitrogen and oxygen atoms in total. The molecule has 0 spiro atoms. The predicted octanol–water partition coefficient (Wildman–Crippen LogP) is 6.63. The molecule has 0 aliphatic heterocycles. The van der Waals surface area contributed by atoms with Gasteiger partial charge in [0.15, 0.2) is 0 Å². The summed E-state index contributed by atoms with van der Waals surface area (Å²) in [4.78, 5) is 27.6. The van der Waals surface area contributed by atoms with Crippen molar-refractivity contribution in [2.45, 2.75) is 76.9 Å². The van der Waals surface area contributed by atoms with Crippen LogP contribution in [0.4, 0.5) is 10.7 Å². The zero-order valence-corrected chi connectivity index (χ0v) is 21.7. The summed E-state index contributed by atoms with van der Waals surface area (Å²) in [5.41, 5.74) is 2.41. The molecule has 2 aromatic rings. The average molecular weight is 484 g/mol. The van der Waals surface area contributed by atoms with Gasteiger partial charge in [-0.15, -0.1) is 23.1 Å². The molecule has 0 radical (unpaired) electrons. The van der Waals surface area contributed by atoms with Gasteiger partial charge in [-0.25, -0.2) is 0 Å². The third-order valence-corrected chi connectivity index (χ3v) is 8.14. The first-order valence-electron chi connectivity index (χ1n) is 11.5. The van der Waals surface area contributed by atoms with Gasteiger partial charge in [0, 0.05) is 21.9 Å². The molecule has 0 saturated carbocycles. The number of carbonyl (C=O) groups is 2. The number of nitrogens with one attached hydrogen (secondary N) is 2. The summed E-state index contributed by atoms with van der Waals surface area (Å²) in [5, 5.41) is 16.1. The number of carbonyl (C=O) groups excluding carboxylic acids is 2. The van der Waals surface area contributed by atoms with Gasteiger partial charge in [-0.1, -0.05) is 40.7 Å². The lowest BCUT2D eigenvalue weighted by molar-refractivity contribution is -0.118. The zero-order valence-electron chi connectivity index (χ0n) is 20.1. The van der Waals surface area contributed by atoms with Crippen LogP contribution in [0.15, 0.2) is 29.2 Å². The van der Waals surface area contributed by atoms with Gasteiger partial charge in [0.2, 0.25) is 11.8 Å². The van der Waals surface area contributed by atoms with Crippen LogP contribution in [0.3, 0.4) is 0 Å². The van der Waals surface area contributed by atoms with Crippen LogP contribution in [-0.2, 0) is 22.4 Å². The summed E-state index contributed by atoms with van der Waals surface area (Å²) >= 11 is 3.03. The van der Waals surface area contributed by atoms with E-state index in [4.69, 9.17) is 0 Å². The Morgan fingerprint density at radius 2 is 2.06 bits per heavy atom. The topological polar surface area (TPSA) is 82.0 Å². The van der Waals surface area contributed by atoms with E-state index in [0.29, 0.717) is 29.3 Å². The van der Waals surface area contributed by atoms with E-state index in [1.165, 1.54) is 16.6 Å². The minimum Gasteiger partial charge on any atom is -0.326 e. The average Bonchev–Trinajstić information content (AvgIpc) is 3.06. The van der Waals surface area contributed by atoms with E-state index in [2.05, 4.69) is 23.6 Å². The largest absolute Gasteiger partial charge is 0.326 e. The fourth-order valence-corrected chi connectivity index (χ4v) is 6.35. The molecule has 7 heteroatoms. The van der Waals surface area contributed by atoms with Gasteiger partial charge in [-0.05, 0) is 60.8 Å². The molecule has 1 aliphatic rings. The van der Waals surface area contributed by atoms with Crippen LogP contribution in [0.1, 0.15) is 69.9 Å². The molecule has 1 aliphatic carbocycles. The molecular weight excluding hydrogens is 450 g/mol. The number of rotatable bonds is 7. The van der Waals surface area contributed by atoms with Gasteiger partial charge in [0.05, 0.1) is 10.8 Å². The summed E-state index contributed by atoms with van der Waals surface area (Å²) < 4.78 is 0. The lowest BCUT2D eigenvalue weighted by Gasteiger charge is -2.18. The number of amides is 2. The van der Waals surface area contributed by atoms with Gasteiger partial charge >= 0.3 is 0 Å². The highest BCUT2D eigenvalue weighted by Gasteiger charge is 2.26. The standard InChI is InChI=1S/C26H33N3O2S2/c1-6-21(32-18-9-7-8-17(13-18)28-23(30)14-26(3,4)5)24(31)29-25-20(15-27)19-11-10-16(2)12-22(19)33-25/h7-9,13,16,21H,6,10-12,14H2,1-5H3,(H,28,30)(H,29,31). The predicted molar refractivity (Wildman–Crippen MR) is 138 cm³/mol. The molecule has 0 saturated heterocycles. The van der Waals surface area contributed by atoms with Gasteiger partial charge in [-0.3, -0.25) is 9.59 Å². The minimum atomic E-state index is -0.296. The molecule has 2 amide bonds. The van der Waals surface area contributed by atoms with Crippen molar-refractivity contribution in [3.63, 3.8) is 0 Å². The van der Waals surface area contributed by atoms with Gasteiger partial charge < -0.3 is 10.6 Å². The molecule has 33 heavy (non-hydrogen) atoms. The van der Waals surface area contributed by atoms with Crippen LogP contribution < -0.4 is 10.6 Å². The lowest BCUT2D eigenvalue weighted by atomic mass is 9.88. The van der Waals surface area contributed by atoms with E-state index in [-0.39, 0.29) is 22.5 Å².